The van der Waals surface area contributed by atoms with Crippen molar-refractivity contribution < 1.29 is 12.6 Å². The molecule has 0 unspecified atom stereocenters. The van der Waals surface area contributed by atoms with Gasteiger partial charge in [-0.2, -0.15) is 8.42 Å². The topological polar surface area (TPSA) is 56.3 Å². The summed E-state index contributed by atoms with van der Waals surface area (Å²) in [6.07, 6.45) is 0.294. The summed E-state index contributed by atoms with van der Waals surface area (Å²) in [7, 11) is -3.76. The fraction of sp³-hybridized carbons (Fsp3) is 0.500. The number of rotatable bonds is 5. The summed E-state index contributed by atoms with van der Waals surface area (Å²) in [5.74, 6) is -0.0277. The van der Waals surface area contributed by atoms with E-state index >= 15 is 0 Å². The number of aromatic nitrogens is 1. The van der Waals surface area contributed by atoms with Gasteiger partial charge in [-0.1, -0.05) is 23.2 Å². The van der Waals surface area contributed by atoms with Crippen molar-refractivity contribution in [2.75, 3.05) is 11.6 Å². The molecule has 0 aliphatic carbocycles. The van der Waals surface area contributed by atoms with Crippen LogP contribution in [0.1, 0.15) is 17.8 Å². The van der Waals surface area contributed by atoms with Gasteiger partial charge in [0.25, 0.3) is 0 Å². The fourth-order valence-electron chi connectivity index (χ4n) is 1.25. The molecule has 0 radical (unpaired) electrons. The number of aryl methyl sites for hydroxylation is 2. The van der Waals surface area contributed by atoms with Crippen LogP contribution in [-0.4, -0.2) is 25.0 Å². The monoisotopic (exact) mass is 331 g/mol. The van der Waals surface area contributed by atoms with E-state index in [9.17, 15) is 8.42 Å². The van der Waals surface area contributed by atoms with E-state index in [0.29, 0.717) is 17.8 Å². The van der Waals surface area contributed by atoms with Gasteiger partial charge in [0.15, 0.2) is 5.75 Å². The van der Waals surface area contributed by atoms with E-state index in [0.717, 1.165) is 0 Å². The van der Waals surface area contributed by atoms with Crippen LogP contribution in [0.15, 0.2) is 0 Å². The first-order valence-electron chi connectivity index (χ1n) is 5.09. The largest absolute Gasteiger partial charge is 0.379 e. The molecule has 0 atom stereocenters. The zero-order chi connectivity index (χ0) is 13.9. The minimum Gasteiger partial charge on any atom is -0.379 e. The first kappa shape index (κ1) is 15.8. The number of alkyl halides is 1. The van der Waals surface area contributed by atoms with Gasteiger partial charge in [0.1, 0.15) is 10.0 Å². The highest BCUT2D eigenvalue weighted by molar-refractivity contribution is 7.87. The van der Waals surface area contributed by atoms with Crippen LogP contribution in [0.25, 0.3) is 0 Å². The minimum absolute atomic E-state index is 0.0714. The van der Waals surface area contributed by atoms with Crippen molar-refractivity contribution in [3.8, 4) is 5.75 Å². The Morgan fingerprint density at radius 2 is 1.67 bits per heavy atom. The van der Waals surface area contributed by atoms with E-state index < -0.39 is 10.1 Å². The van der Waals surface area contributed by atoms with E-state index in [1.54, 1.807) is 13.8 Å². The highest BCUT2D eigenvalue weighted by Crippen LogP contribution is 2.37. The minimum atomic E-state index is -3.76. The average molecular weight is 333 g/mol. The molecule has 1 rings (SSSR count). The van der Waals surface area contributed by atoms with Crippen molar-refractivity contribution in [3.63, 3.8) is 0 Å². The third-order valence-corrected chi connectivity index (χ3v) is 4.47. The smallest absolute Gasteiger partial charge is 0.309 e. The predicted octanol–water partition coefficient (Wildman–Crippen LogP) is 3.34. The summed E-state index contributed by atoms with van der Waals surface area (Å²) in [4.78, 5) is 4.07. The quantitative estimate of drug-likeness (QED) is 0.613. The van der Waals surface area contributed by atoms with Gasteiger partial charge >= 0.3 is 10.1 Å². The number of hydrogen-bond donors (Lipinski definition) is 0. The molecule has 102 valence electrons. The summed E-state index contributed by atoms with van der Waals surface area (Å²) in [5, 5.41) is 0.195. The SMILES string of the molecule is Cc1nc(C)c(Cl)c(OS(=O)(=O)CCCCl)c1Cl. The number of halogens is 3. The van der Waals surface area contributed by atoms with E-state index in [4.69, 9.17) is 39.0 Å². The molecule has 0 aromatic carbocycles. The van der Waals surface area contributed by atoms with Crippen LogP contribution in [-0.2, 0) is 10.1 Å². The second-order valence-electron chi connectivity index (χ2n) is 3.63. The molecular formula is C10H12Cl3NO3S. The molecule has 0 aliphatic rings. The molecule has 0 N–H and O–H groups in total. The summed E-state index contributed by atoms with van der Waals surface area (Å²) in [5.41, 5.74) is 0.919. The predicted molar refractivity (Wildman–Crippen MR) is 73.5 cm³/mol. The highest BCUT2D eigenvalue weighted by Gasteiger charge is 2.21. The normalized spacial score (nSPS) is 11.6. The number of pyridine rings is 1. The maximum Gasteiger partial charge on any atom is 0.309 e. The molecule has 0 saturated carbocycles. The number of nitrogens with zero attached hydrogens (tertiary/aromatic N) is 1. The van der Waals surface area contributed by atoms with Gasteiger partial charge in [-0.3, -0.25) is 4.98 Å². The van der Waals surface area contributed by atoms with E-state index in [-0.39, 0.29) is 27.4 Å². The van der Waals surface area contributed by atoms with Gasteiger partial charge in [0.05, 0.1) is 17.1 Å². The van der Waals surface area contributed by atoms with Crippen molar-refractivity contribution in [1.82, 2.24) is 4.98 Å². The van der Waals surface area contributed by atoms with E-state index in [1.165, 1.54) is 0 Å². The standard InChI is InChI=1S/C10H12Cl3NO3S/c1-6-8(12)10(9(13)7(2)14-6)17-18(15,16)5-3-4-11/h3-5H2,1-2H3. The Morgan fingerprint density at radius 3 is 2.11 bits per heavy atom. The first-order chi connectivity index (χ1) is 8.28. The summed E-state index contributed by atoms with van der Waals surface area (Å²) in [6, 6.07) is 0. The van der Waals surface area contributed by atoms with Gasteiger partial charge in [0.2, 0.25) is 0 Å². The molecule has 0 bridgehead atoms. The Labute approximate surface area is 121 Å². The van der Waals surface area contributed by atoms with Gasteiger partial charge in [-0.15, -0.1) is 11.6 Å². The lowest BCUT2D eigenvalue weighted by atomic mass is 10.3. The van der Waals surface area contributed by atoms with E-state index in [1.807, 2.05) is 0 Å². The maximum atomic E-state index is 11.7. The molecule has 8 heteroatoms. The molecule has 4 nitrogen and oxygen atoms in total. The van der Waals surface area contributed by atoms with Gasteiger partial charge in [0, 0.05) is 5.88 Å². The van der Waals surface area contributed by atoms with Gasteiger partial charge < -0.3 is 4.18 Å². The van der Waals surface area contributed by atoms with Crippen LogP contribution in [0.4, 0.5) is 0 Å². The lowest BCUT2D eigenvalue weighted by Gasteiger charge is -2.12. The molecule has 0 spiro atoms. The Hall–Kier alpha value is -0.230. The van der Waals surface area contributed by atoms with Crippen LogP contribution in [0.5, 0.6) is 5.75 Å². The lowest BCUT2D eigenvalue weighted by molar-refractivity contribution is 0.484. The molecule has 1 aromatic rings. The van der Waals surface area contributed by atoms with Crippen LogP contribution in [0.2, 0.25) is 10.0 Å². The van der Waals surface area contributed by atoms with Gasteiger partial charge in [-0.05, 0) is 20.3 Å². The second-order valence-corrected chi connectivity index (χ2v) is 6.45. The van der Waals surface area contributed by atoms with Crippen LogP contribution in [0, 0.1) is 13.8 Å². The highest BCUT2D eigenvalue weighted by atomic mass is 35.5. The molecule has 1 heterocycles. The molecule has 18 heavy (non-hydrogen) atoms. The van der Waals surface area contributed by atoms with Crippen LogP contribution in [0.3, 0.4) is 0 Å². The Balaban J connectivity index is 3.12. The van der Waals surface area contributed by atoms with Crippen LogP contribution >= 0.6 is 34.8 Å². The zero-order valence-corrected chi connectivity index (χ0v) is 12.9. The zero-order valence-electron chi connectivity index (χ0n) is 9.84. The second kappa shape index (κ2) is 6.28. The third kappa shape index (κ3) is 3.88. The Kier molecular flexibility index (Phi) is 5.52. The summed E-state index contributed by atoms with van der Waals surface area (Å²) >= 11 is 17.3. The Bertz CT molecular complexity index is 520. The summed E-state index contributed by atoms with van der Waals surface area (Å²) < 4.78 is 28.3. The van der Waals surface area contributed by atoms with Crippen molar-refractivity contribution in [2.24, 2.45) is 0 Å². The molecule has 0 saturated heterocycles. The van der Waals surface area contributed by atoms with Crippen LogP contribution < -0.4 is 4.18 Å². The van der Waals surface area contributed by atoms with Crippen molar-refractivity contribution in [2.45, 2.75) is 20.3 Å². The number of hydrogen-bond acceptors (Lipinski definition) is 4. The van der Waals surface area contributed by atoms with Crippen molar-refractivity contribution >= 4 is 44.9 Å². The molecule has 0 amide bonds. The average Bonchev–Trinajstić information content (AvgIpc) is 2.30. The van der Waals surface area contributed by atoms with Crippen molar-refractivity contribution in [3.05, 3.63) is 21.4 Å². The molecule has 1 aromatic heterocycles. The fourth-order valence-corrected chi connectivity index (χ4v) is 3.03. The molecule has 0 fully saturated rings. The maximum absolute atomic E-state index is 11.7. The van der Waals surface area contributed by atoms with E-state index in [2.05, 4.69) is 4.98 Å². The first-order valence-corrected chi connectivity index (χ1v) is 7.95. The van der Waals surface area contributed by atoms with Gasteiger partial charge in [-0.25, -0.2) is 0 Å². The molecule has 0 aliphatic heterocycles. The Morgan fingerprint density at radius 1 is 1.17 bits per heavy atom. The lowest BCUT2D eigenvalue weighted by Crippen LogP contribution is -2.15. The summed E-state index contributed by atoms with van der Waals surface area (Å²) in [6.45, 7) is 3.29. The van der Waals surface area contributed by atoms with Crippen molar-refractivity contribution in [1.29, 1.82) is 0 Å². The third-order valence-electron chi connectivity index (χ3n) is 2.11. The molecular weight excluding hydrogens is 321 g/mol.